The van der Waals surface area contributed by atoms with Gasteiger partial charge in [0.25, 0.3) is 5.69 Å². The van der Waals surface area contributed by atoms with Crippen LogP contribution in [0.15, 0.2) is 16.6 Å². The van der Waals surface area contributed by atoms with Gasteiger partial charge in [0.15, 0.2) is 0 Å². The number of piperidine rings is 1. The van der Waals surface area contributed by atoms with Gasteiger partial charge in [-0.1, -0.05) is 0 Å². The third kappa shape index (κ3) is 5.29. The van der Waals surface area contributed by atoms with Gasteiger partial charge in [0.05, 0.1) is 15.5 Å². The quantitative estimate of drug-likeness (QED) is 0.584. The van der Waals surface area contributed by atoms with Gasteiger partial charge in [-0.25, -0.2) is 9.18 Å². The maximum atomic E-state index is 13.6. The summed E-state index contributed by atoms with van der Waals surface area (Å²) in [5.41, 5.74) is -0.706. The minimum Gasteiger partial charge on any atom is -0.444 e. The van der Waals surface area contributed by atoms with Crippen LogP contribution in [0, 0.1) is 15.9 Å². The molecule has 1 saturated heterocycles. The number of carbonyl (C=O) groups excluding carboxylic acids is 1. The van der Waals surface area contributed by atoms with E-state index in [-0.39, 0.29) is 21.9 Å². The van der Waals surface area contributed by atoms with Crippen molar-refractivity contribution in [3.05, 3.63) is 32.5 Å². The van der Waals surface area contributed by atoms with E-state index in [1.165, 1.54) is 6.07 Å². The third-order valence-corrected chi connectivity index (χ3v) is 4.28. The molecule has 0 spiro atoms. The number of nitro benzene ring substituents is 1. The molecule has 1 heterocycles. The van der Waals surface area contributed by atoms with Gasteiger partial charge >= 0.3 is 6.09 Å². The van der Waals surface area contributed by atoms with Crippen LogP contribution in [0.1, 0.15) is 33.6 Å². The zero-order chi connectivity index (χ0) is 18.8. The minimum atomic E-state index is -0.698. The topological polar surface area (TPSA) is 84.7 Å². The van der Waals surface area contributed by atoms with Gasteiger partial charge in [-0.05, 0) is 55.6 Å². The van der Waals surface area contributed by atoms with Gasteiger partial charge in [-0.15, -0.1) is 0 Å². The molecule has 1 fully saturated rings. The molecule has 1 aromatic carbocycles. The molecule has 1 atom stereocenters. The predicted octanol–water partition coefficient (Wildman–Crippen LogP) is 4.31. The number of nitro groups is 1. The first-order valence-electron chi connectivity index (χ1n) is 7.95. The van der Waals surface area contributed by atoms with Crippen LogP contribution >= 0.6 is 15.9 Å². The van der Waals surface area contributed by atoms with Crippen molar-refractivity contribution >= 4 is 33.4 Å². The second kappa shape index (κ2) is 7.55. The van der Waals surface area contributed by atoms with Crippen molar-refractivity contribution in [3.63, 3.8) is 0 Å². The van der Waals surface area contributed by atoms with Gasteiger partial charge < -0.3 is 15.0 Å². The maximum absolute atomic E-state index is 13.6. The summed E-state index contributed by atoms with van der Waals surface area (Å²) in [6, 6.07) is 2.04. The van der Waals surface area contributed by atoms with E-state index in [1.54, 1.807) is 25.7 Å². The monoisotopic (exact) mass is 417 g/mol. The molecule has 1 aliphatic rings. The first-order chi connectivity index (χ1) is 11.6. The Morgan fingerprint density at radius 3 is 2.76 bits per heavy atom. The van der Waals surface area contributed by atoms with Crippen LogP contribution < -0.4 is 5.32 Å². The van der Waals surface area contributed by atoms with E-state index in [1.807, 2.05) is 0 Å². The molecule has 0 aromatic heterocycles. The number of likely N-dealkylation sites (tertiary alicyclic amines) is 1. The molecule has 9 heteroatoms. The van der Waals surface area contributed by atoms with Crippen LogP contribution in [0.25, 0.3) is 0 Å². The lowest BCUT2D eigenvalue weighted by Crippen LogP contribution is -2.47. The lowest BCUT2D eigenvalue weighted by atomic mass is 10.1. The molecule has 7 nitrogen and oxygen atoms in total. The Bertz CT molecular complexity index is 678. The number of hydrogen-bond donors (Lipinski definition) is 1. The van der Waals surface area contributed by atoms with Gasteiger partial charge in [0.1, 0.15) is 17.1 Å². The molecule has 0 aliphatic carbocycles. The second-order valence-electron chi connectivity index (χ2n) is 6.95. The van der Waals surface area contributed by atoms with Crippen LogP contribution in [0.4, 0.5) is 20.6 Å². The summed E-state index contributed by atoms with van der Waals surface area (Å²) >= 11 is 3.04. The Labute approximate surface area is 153 Å². The van der Waals surface area contributed by atoms with Gasteiger partial charge in [0.2, 0.25) is 0 Å². The Kier molecular flexibility index (Phi) is 5.87. The van der Waals surface area contributed by atoms with E-state index < -0.39 is 22.4 Å². The van der Waals surface area contributed by atoms with Crippen molar-refractivity contribution in [2.75, 3.05) is 18.4 Å². The summed E-state index contributed by atoms with van der Waals surface area (Å²) in [6.45, 7) is 6.32. The fraction of sp³-hybridized carbons (Fsp3) is 0.562. The minimum absolute atomic E-state index is 0.139. The summed E-state index contributed by atoms with van der Waals surface area (Å²) < 4.78 is 19.1. The van der Waals surface area contributed by atoms with Gasteiger partial charge in [-0.3, -0.25) is 10.1 Å². The normalized spacial score (nSPS) is 18.0. The lowest BCUT2D eigenvalue weighted by Gasteiger charge is -2.34. The number of nitrogens with one attached hydrogen (secondary N) is 1. The van der Waals surface area contributed by atoms with Crippen LogP contribution in [-0.4, -0.2) is 40.6 Å². The van der Waals surface area contributed by atoms with Crippen molar-refractivity contribution < 1.29 is 18.8 Å². The number of benzene rings is 1. The summed E-state index contributed by atoms with van der Waals surface area (Å²) in [5, 5.41) is 14.2. The smallest absolute Gasteiger partial charge is 0.410 e. The molecule has 25 heavy (non-hydrogen) atoms. The van der Waals surface area contributed by atoms with Crippen LogP contribution in [-0.2, 0) is 4.74 Å². The van der Waals surface area contributed by atoms with E-state index in [0.717, 1.165) is 18.9 Å². The third-order valence-electron chi connectivity index (χ3n) is 3.67. The molecular formula is C16H21BrFN3O4. The van der Waals surface area contributed by atoms with Gasteiger partial charge in [0, 0.05) is 19.1 Å². The second-order valence-corrected chi connectivity index (χ2v) is 7.80. The van der Waals surface area contributed by atoms with Crippen molar-refractivity contribution in [2.45, 2.75) is 45.3 Å². The van der Waals surface area contributed by atoms with Crippen LogP contribution in [0.5, 0.6) is 0 Å². The molecule has 0 bridgehead atoms. The molecule has 1 N–H and O–H groups in total. The molecule has 1 aliphatic heterocycles. The van der Waals surface area contributed by atoms with E-state index in [2.05, 4.69) is 21.2 Å². The van der Waals surface area contributed by atoms with Crippen LogP contribution in [0.3, 0.4) is 0 Å². The number of rotatable bonds is 3. The Balaban J connectivity index is 2.12. The zero-order valence-corrected chi connectivity index (χ0v) is 15.9. The molecule has 2 rings (SSSR count). The van der Waals surface area contributed by atoms with Crippen molar-refractivity contribution in [1.82, 2.24) is 4.90 Å². The number of nitrogens with zero attached hydrogens (tertiary/aromatic N) is 2. The van der Waals surface area contributed by atoms with Gasteiger partial charge in [-0.2, -0.15) is 0 Å². The average Bonchev–Trinajstić information content (AvgIpc) is 2.49. The number of ether oxygens (including phenoxy) is 1. The standard InChI is InChI=1S/C16H21BrFN3O4/c1-16(2,3)25-15(22)20-6-4-5-10(9-20)19-13-7-11(17)12(18)8-14(13)21(23)24/h7-8,10,19H,4-6,9H2,1-3H3/t10-/m1/s1. The molecule has 0 radical (unpaired) electrons. The Hall–Kier alpha value is -1.90. The molecular weight excluding hydrogens is 397 g/mol. The maximum Gasteiger partial charge on any atom is 0.410 e. The molecule has 1 amide bonds. The first kappa shape index (κ1) is 19.4. The van der Waals surface area contributed by atoms with Crippen molar-refractivity contribution in [2.24, 2.45) is 0 Å². The SMILES string of the molecule is CC(C)(C)OC(=O)N1CCC[C@@H](Nc2cc(Br)c(F)cc2[N+](=O)[O-])C1. The highest BCUT2D eigenvalue weighted by Gasteiger charge is 2.29. The largest absolute Gasteiger partial charge is 0.444 e. The van der Waals surface area contributed by atoms with Crippen molar-refractivity contribution in [3.8, 4) is 0 Å². The van der Waals surface area contributed by atoms with E-state index >= 15 is 0 Å². The zero-order valence-electron chi connectivity index (χ0n) is 14.3. The molecule has 0 unspecified atom stereocenters. The van der Waals surface area contributed by atoms with Crippen molar-refractivity contribution in [1.29, 1.82) is 0 Å². The average molecular weight is 418 g/mol. The number of halogens is 2. The summed E-state index contributed by atoms with van der Waals surface area (Å²) in [4.78, 5) is 24.3. The first-order valence-corrected chi connectivity index (χ1v) is 8.74. The number of anilines is 1. The van der Waals surface area contributed by atoms with Crippen LogP contribution in [0.2, 0.25) is 0 Å². The molecule has 1 aromatic rings. The molecule has 138 valence electrons. The Morgan fingerprint density at radius 2 is 2.16 bits per heavy atom. The highest BCUT2D eigenvalue weighted by Crippen LogP contribution is 2.32. The number of carbonyl (C=O) groups is 1. The van der Waals surface area contributed by atoms with E-state index in [4.69, 9.17) is 4.74 Å². The fourth-order valence-corrected chi connectivity index (χ4v) is 2.95. The number of hydrogen-bond acceptors (Lipinski definition) is 5. The predicted molar refractivity (Wildman–Crippen MR) is 95.2 cm³/mol. The fourth-order valence-electron chi connectivity index (χ4n) is 2.61. The Morgan fingerprint density at radius 1 is 1.48 bits per heavy atom. The lowest BCUT2D eigenvalue weighted by molar-refractivity contribution is -0.384. The summed E-state index contributed by atoms with van der Waals surface area (Å²) in [7, 11) is 0. The summed E-state index contributed by atoms with van der Waals surface area (Å²) in [5.74, 6) is -0.698. The highest BCUT2D eigenvalue weighted by atomic mass is 79.9. The van der Waals surface area contributed by atoms with E-state index in [9.17, 15) is 19.3 Å². The summed E-state index contributed by atoms with van der Waals surface area (Å²) in [6.07, 6.45) is 1.08. The highest BCUT2D eigenvalue weighted by molar-refractivity contribution is 9.10. The number of amides is 1. The molecule has 0 saturated carbocycles. The van der Waals surface area contributed by atoms with E-state index in [0.29, 0.717) is 13.1 Å².